The van der Waals surface area contributed by atoms with Crippen LogP contribution >= 0.6 is 0 Å². The molecule has 9 aromatic carbocycles. The Morgan fingerprint density at radius 3 is 1.22 bits per heavy atom. The molecule has 0 amide bonds. The number of hydrogen-bond donors (Lipinski definition) is 0. The third-order valence-electron chi connectivity index (χ3n) is 11.2. The predicted molar refractivity (Wildman–Crippen MR) is 210 cm³/mol. The zero-order valence-corrected chi connectivity index (χ0v) is 27.3. The summed E-state index contributed by atoms with van der Waals surface area (Å²) in [5.41, 5.74) is 13.7. The largest absolute Gasteiger partial charge is 0.310 e. The molecule has 1 nitrogen and oxygen atoms in total. The lowest BCUT2D eigenvalue weighted by Crippen LogP contribution is -2.26. The third-order valence-corrected chi connectivity index (χ3v) is 11.2. The highest BCUT2D eigenvalue weighted by atomic mass is 15.1. The van der Waals surface area contributed by atoms with Crippen LogP contribution in [0, 0.1) is 0 Å². The summed E-state index contributed by atoms with van der Waals surface area (Å²) in [5, 5.41) is 7.69. The fourth-order valence-electron chi connectivity index (χ4n) is 9.28. The van der Waals surface area contributed by atoms with E-state index in [9.17, 15) is 0 Å². The van der Waals surface area contributed by atoms with Gasteiger partial charge in [0.05, 0.1) is 5.41 Å². The zero-order valence-electron chi connectivity index (χ0n) is 27.3. The van der Waals surface area contributed by atoms with Gasteiger partial charge in [0.15, 0.2) is 0 Å². The van der Waals surface area contributed by atoms with E-state index in [-0.39, 0.29) is 0 Å². The van der Waals surface area contributed by atoms with Crippen LogP contribution < -0.4 is 4.90 Å². The van der Waals surface area contributed by atoms with Crippen LogP contribution in [0.5, 0.6) is 0 Å². The summed E-state index contributed by atoms with van der Waals surface area (Å²) >= 11 is 0. The maximum atomic E-state index is 2.48. The van der Waals surface area contributed by atoms with Gasteiger partial charge in [-0.2, -0.15) is 0 Å². The van der Waals surface area contributed by atoms with Gasteiger partial charge in [0.2, 0.25) is 0 Å². The zero-order chi connectivity index (χ0) is 32.8. The minimum Gasteiger partial charge on any atom is -0.310 e. The Labute approximate surface area is 291 Å². The molecule has 0 saturated carbocycles. The molecule has 0 aromatic heterocycles. The van der Waals surface area contributed by atoms with Crippen LogP contribution in [0.3, 0.4) is 0 Å². The van der Waals surface area contributed by atoms with Crippen molar-refractivity contribution in [3.8, 4) is 22.3 Å². The first-order valence-electron chi connectivity index (χ1n) is 17.4. The van der Waals surface area contributed by atoms with Gasteiger partial charge in [-0.3, -0.25) is 0 Å². The fourth-order valence-corrected chi connectivity index (χ4v) is 9.28. The summed E-state index contributed by atoms with van der Waals surface area (Å²) in [5.74, 6) is 0. The molecule has 11 rings (SSSR count). The van der Waals surface area contributed by atoms with Crippen molar-refractivity contribution in [2.24, 2.45) is 0 Å². The molecule has 0 heterocycles. The van der Waals surface area contributed by atoms with E-state index in [2.05, 4.69) is 193 Å². The maximum Gasteiger partial charge on any atom is 0.0726 e. The number of benzene rings is 9. The van der Waals surface area contributed by atoms with Crippen LogP contribution in [-0.4, -0.2) is 0 Å². The highest BCUT2D eigenvalue weighted by molar-refractivity contribution is 6.25. The number of fused-ring (bicyclic) bond motifs is 16. The van der Waals surface area contributed by atoms with Crippen LogP contribution in [0.25, 0.3) is 54.6 Å². The van der Waals surface area contributed by atoms with E-state index in [1.54, 1.807) is 0 Å². The lowest BCUT2D eigenvalue weighted by molar-refractivity contribution is 0.793. The van der Waals surface area contributed by atoms with Crippen LogP contribution in [0.4, 0.5) is 17.1 Å². The summed E-state index contributed by atoms with van der Waals surface area (Å²) in [7, 11) is 0. The molecule has 232 valence electrons. The lowest BCUT2D eigenvalue weighted by atomic mass is 9.70. The second-order valence-corrected chi connectivity index (χ2v) is 13.6. The molecule has 0 radical (unpaired) electrons. The predicted octanol–water partition coefficient (Wildman–Crippen LogP) is 13.0. The van der Waals surface area contributed by atoms with Gasteiger partial charge < -0.3 is 4.90 Å². The van der Waals surface area contributed by atoms with Crippen LogP contribution in [0.2, 0.25) is 0 Å². The Morgan fingerprint density at radius 1 is 0.260 bits per heavy atom. The Balaban J connectivity index is 1.20. The van der Waals surface area contributed by atoms with E-state index < -0.39 is 5.41 Å². The molecule has 9 aromatic rings. The van der Waals surface area contributed by atoms with Gasteiger partial charge in [-0.1, -0.05) is 152 Å². The van der Waals surface area contributed by atoms with Crippen molar-refractivity contribution in [2.45, 2.75) is 5.41 Å². The Kier molecular flexibility index (Phi) is 5.66. The number of nitrogens with zero attached hydrogens (tertiary/aromatic N) is 1. The molecule has 0 bridgehead atoms. The second kappa shape index (κ2) is 10.3. The molecule has 2 aliphatic carbocycles. The molecular weight excluding hydrogens is 603 g/mol. The molecule has 0 fully saturated rings. The normalized spacial score (nSPS) is 13.4. The van der Waals surface area contributed by atoms with Gasteiger partial charge in [-0.05, 0) is 113 Å². The highest BCUT2D eigenvalue weighted by Gasteiger charge is 2.51. The first-order valence-corrected chi connectivity index (χ1v) is 17.4. The van der Waals surface area contributed by atoms with Gasteiger partial charge in [0.25, 0.3) is 0 Å². The van der Waals surface area contributed by atoms with Crippen molar-refractivity contribution in [1.29, 1.82) is 0 Å². The number of rotatable bonds is 3. The second-order valence-electron chi connectivity index (χ2n) is 13.6. The summed E-state index contributed by atoms with van der Waals surface area (Å²) in [4.78, 5) is 2.44. The van der Waals surface area contributed by atoms with Crippen molar-refractivity contribution in [3.05, 3.63) is 210 Å². The van der Waals surface area contributed by atoms with Gasteiger partial charge in [-0.25, -0.2) is 0 Å². The quantitative estimate of drug-likeness (QED) is 0.175. The Bertz CT molecular complexity index is 2730. The molecule has 2 aliphatic rings. The van der Waals surface area contributed by atoms with Gasteiger partial charge in [0, 0.05) is 17.1 Å². The monoisotopic (exact) mass is 633 g/mol. The summed E-state index contributed by atoms with van der Waals surface area (Å²) in [6, 6.07) is 69.7. The summed E-state index contributed by atoms with van der Waals surface area (Å²) in [6.45, 7) is 0. The topological polar surface area (TPSA) is 3.24 Å². The van der Waals surface area contributed by atoms with Gasteiger partial charge >= 0.3 is 0 Å². The van der Waals surface area contributed by atoms with E-state index in [1.165, 1.54) is 76.8 Å². The van der Waals surface area contributed by atoms with E-state index in [1.807, 2.05) is 0 Å². The molecule has 50 heavy (non-hydrogen) atoms. The molecule has 0 saturated heterocycles. The van der Waals surface area contributed by atoms with Crippen LogP contribution in [-0.2, 0) is 5.41 Å². The molecule has 1 heteroatoms. The standard InChI is InChI=1S/C49H31N/c1-2-14-32(15-3-1)50(33-26-28-39-37-18-5-4-16-35(37)36-17-6-7-19-38(36)44(39)30-33)34-27-29-43-42-22-10-13-25-47(42)49(48(43)31-34)45-23-11-8-20-40(45)41-21-9-12-24-46(41)49/h1-31H. The first kappa shape index (κ1) is 27.5. The maximum absolute atomic E-state index is 2.48. The van der Waals surface area contributed by atoms with Crippen molar-refractivity contribution >= 4 is 49.4 Å². The SMILES string of the molecule is c1ccc(N(c2ccc3c(c2)C2(c4ccccc4-c4ccccc42)c2ccccc2-3)c2ccc3c4ccccc4c4ccccc4c3c2)cc1. The Hall–Kier alpha value is -6.44. The first-order chi connectivity index (χ1) is 24.8. The third kappa shape index (κ3) is 3.56. The lowest BCUT2D eigenvalue weighted by Gasteiger charge is -2.32. The van der Waals surface area contributed by atoms with Crippen molar-refractivity contribution in [1.82, 2.24) is 0 Å². The highest BCUT2D eigenvalue weighted by Crippen LogP contribution is 2.63. The van der Waals surface area contributed by atoms with Crippen molar-refractivity contribution in [2.75, 3.05) is 4.90 Å². The van der Waals surface area contributed by atoms with Crippen molar-refractivity contribution in [3.63, 3.8) is 0 Å². The van der Waals surface area contributed by atoms with E-state index in [0.29, 0.717) is 0 Å². The van der Waals surface area contributed by atoms with Gasteiger partial charge in [-0.15, -0.1) is 0 Å². The minimum absolute atomic E-state index is 0.393. The Morgan fingerprint density at radius 2 is 0.660 bits per heavy atom. The van der Waals surface area contributed by atoms with E-state index in [4.69, 9.17) is 0 Å². The minimum atomic E-state index is -0.393. The average Bonchev–Trinajstić information content (AvgIpc) is 3.66. The molecule has 0 N–H and O–H groups in total. The van der Waals surface area contributed by atoms with E-state index in [0.717, 1.165) is 17.1 Å². The molecule has 0 aliphatic heterocycles. The molecular formula is C49H31N. The van der Waals surface area contributed by atoms with Crippen molar-refractivity contribution < 1.29 is 0 Å². The number of para-hydroxylation sites is 1. The number of anilines is 3. The average molecular weight is 634 g/mol. The fraction of sp³-hybridized carbons (Fsp3) is 0.0204. The molecule has 0 atom stereocenters. The summed E-state index contributed by atoms with van der Waals surface area (Å²) in [6.07, 6.45) is 0. The van der Waals surface area contributed by atoms with Gasteiger partial charge in [0.1, 0.15) is 0 Å². The van der Waals surface area contributed by atoms with Crippen LogP contribution in [0.1, 0.15) is 22.3 Å². The summed E-state index contributed by atoms with van der Waals surface area (Å²) < 4.78 is 0. The smallest absolute Gasteiger partial charge is 0.0726 e. The molecule has 0 unspecified atom stereocenters. The van der Waals surface area contributed by atoms with E-state index >= 15 is 0 Å². The number of hydrogen-bond acceptors (Lipinski definition) is 1. The van der Waals surface area contributed by atoms with Crippen LogP contribution in [0.15, 0.2) is 188 Å². The molecule has 1 spiro atoms.